The smallest absolute Gasteiger partial charge is 0.407 e. The lowest BCUT2D eigenvalue weighted by Crippen LogP contribution is -2.35. The molecule has 1 saturated heterocycles. The fourth-order valence-corrected chi connectivity index (χ4v) is 1.18. The third-order valence-corrected chi connectivity index (χ3v) is 2.06. The highest BCUT2D eigenvalue weighted by atomic mass is 16.6. The predicted molar refractivity (Wildman–Crippen MR) is 50.0 cm³/mol. The van der Waals surface area contributed by atoms with Gasteiger partial charge >= 0.3 is 6.09 Å². The van der Waals surface area contributed by atoms with Gasteiger partial charge in [-0.1, -0.05) is 13.3 Å². The molecule has 0 saturated carbocycles. The normalized spacial score (nSPS) is 26.1. The largest absolute Gasteiger partial charge is 0.441 e. The number of hydrogen-bond donors (Lipinski definition) is 2. The Morgan fingerprint density at radius 3 is 3.00 bits per heavy atom. The van der Waals surface area contributed by atoms with Crippen LogP contribution in [0.1, 0.15) is 19.8 Å². The Balaban J connectivity index is 2.13. The van der Waals surface area contributed by atoms with E-state index in [0.717, 1.165) is 12.8 Å². The molecule has 0 bridgehead atoms. The summed E-state index contributed by atoms with van der Waals surface area (Å²) in [6, 6.07) is 0. The maximum absolute atomic E-state index is 11.1. The summed E-state index contributed by atoms with van der Waals surface area (Å²) in [4.78, 5) is 11.1. The number of hydrogen-bond acceptors (Lipinski definition) is 4. The number of rotatable bonds is 4. The molecule has 0 aromatic carbocycles. The van der Waals surface area contributed by atoms with Crippen molar-refractivity contribution in [2.45, 2.75) is 32.0 Å². The van der Waals surface area contributed by atoms with E-state index in [1.54, 1.807) is 0 Å². The number of ether oxygens (including phenoxy) is 2. The first-order chi connectivity index (χ1) is 6.74. The third kappa shape index (κ3) is 3.51. The summed E-state index contributed by atoms with van der Waals surface area (Å²) in [5, 5.41) is 11.9. The molecule has 1 aliphatic heterocycles. The molecule has 0 aromatic rings. The van der Waals surface area contributed by atoms with Crippen molar-refractivity contribution in [1.29, 1.82) is 0 Å². The molecule has 5 heteroatoms. The minimum atomic E-state index is -0.688. The van der Waals surface area contributed by atoms with Gasteiger partial charge in [-0.25, -0.2) is 4.79 Å². The first kappa shape index (κ1) is 11.3. The minimum absolute atomic E-state index is 0.243. The van der Waals surface area contributed by atoms with Crippen LogP contribution in [0.3, 0.4) is 0 Å². The van der Waals surface area contributed by atoms with Gasteiger partial charge in [-0.15, -0.1) is 0 Å². The zero-order chi connectivity index (χ0) is 10.4. The summed E-state index contributed by atoms with van der Waals surface area (Å²) < 4.78 is 9.89. The van der Waals surface area contributed by atoms with Gasteiger partial charge in [-0.2, -0.15) is 0 Å². The SMILES string of the molecule is CCCCNC(=O)O[C@H]1COC[C@H]1O. The third-order valence-electron chi connectivity index (χ3n) is 2.06. The molecule has 5 nitrogen and oxygen atoms in total. The van der Waals surface area contributed by atoms with E-state index in [4.69, 9.17) is 9.47 Å². The molecular weight excluding hydrogens is 186 g/mol. The number of aliphatic hydroxyl groups excluding tert-OH is 1. The molecule has 2 N–H and O–H groups in total. The summed E-state index contributed by atoms with van der Waals surface area (Å²) in [6.45, 7) is 3.18. The number of amides is 1. The molecule has 1 rings (SSSR count). The topological polar surface area (TPSA) is 67.8 Å². The monoisotopic (exact) mass is 203 g/mol. The molecule has 0 unspecified atom stereocenters. The molecule has 0 radical (unpaired) electrons. The highest BCUT2D eigenvalue weighted by Crippen LogP contribution is 2.09. The maximum atomic E-state index is 11.1. The highest BCUT2D eigenvalue weighted by Gasteiger charge is 2.29. The zero-order valence-electron chi connectivity index (χ0n) is 8.36. The molecule has 0 aliphatic carbocycles. The first-order valence-corrected chi connectivity index (χ1v) is 4.94. The van der Waals surface area contributed by atoms with Crippen LogP contribution in [0.4, 0.5) is 4.79 Å². The van der Waals surface area contributed by atoms with Crippen LogP contribution in [0, 0.1) is 0 Å². The first-order valence-electron chi connectivity index (χ1n) is 4.94. The van der Waals surface area contributed by atoms with Gasteiger partial charge in [-0.3, -0.25) is 0 Å². The van der Waals surface area contributed by atoms with Gasteiger partial charge in [0.25, 0.3) is 0 Å². The van der Waals surface area contributed by atoms with Crippen molar-refractivity contribution in [3.05, 3.63) is 0 Å². The van der Waals surface area contributed by atoms with Crippen LogP contribution in [0.5, 0.6) is 0 Å². The minimum Gasteiger partial charge on any atom is -0.441 e. The lowest BCUT2D eigenvalue weighted by Gasteiger charge is -2.13. The molecule has 1 amide bonds. The fourth-order valence-electron chi connectivity index (χ4n) is 1.18. The van der Waals surface area contributed by atoms with Crippen LogP contribution in [0.15, 0.2) is 0 Å². The van der Waals surface area contributed by atoms with Gasteiger partial charge < -0.3 is 19.9 Å². The van der Waals surface area contributed by atoms with E-state index < -0.39 is 18.3 Å². The Hall–Kier alpha value is -0.810. The summed E-state index contributed by atoms with van der Waals surface area (Å²) in [5.41, 5.74) is 0. The van der Waals surface area contributed by atoms with Crippen molar-refractivity contribution in [3.63, 3.8) is 0 Å². The Morgan fingerprint density at radius 1 is 1.64 bits per heavy atom. The van der Waals surface area contributed by atoms with E-state index in [1.165, 1.54) is 0 Å². The quantitative estimate of drug-likeness (QED) is 0.644. The summed E-state index contributed by atoms with van der Waals surface area (Å²) in [7, 11) is 0. The van der Waals surface area contributed by atoms with Crippen molar-refractivity contribution in [3.8, 4) is 0 Å². The molecular formula is C9H17NO4. The van der Waals surface area contributed by atoms with Gasteiger partial charge in [-0.05, 0) is 6.42 Å². The van der Waals surface area contributed by atoms with Crippen molar-refractivity contribution in [1.82, 2.24) is 5.32 Å². The molecule has 14 heavy (non-hydrogen) atoms. The number of nitrogens with one attached hydrogen (secondary N) is 1. The molecule has 82 valence electrons. The van der Waals surface area contributed by atoms with E-state index in [1.807, 2.05) is 6.92 Å². The van der Waals surface area contributed by atoms with Crippen molar-refractivity contribution >= 4 is 6.09 Å². The molecule has 1 heterocycles. The van der Waals surface area contributed by atoms with E-state index in [9.17, 15) is 9.90 Å². The van der Waals surface area contributed by atoms with Crippen molar-refractivity contribution < 1.29 is 19.4 Å². The lowest BCUT2D eigenvalue weighted by molar-refractivity contribution is 0.0326. The average Bonchev–Trinajstić information content (AvgIpc) is 2.52. The van der Waals surface area contributed by atoms with Crippen LogP contribution in [0.25, 0.3) is 0 Å². The molecule has 2 atom stereocenters. The zero-order valence-corrected chi connectivity index (χ0v) is 8.36. The van der Waals surface area contributed by atoms with E-state index in [0.29, 0.717) is 6.54 Å². The molecule has 0 aromatic heterocycles. The van der Waals surface area contributed by atoms with Crippen LogP contribution < -0.4 is 5.32 Å². The molecule has 1 fully saturated rings. The van der Waals surface area contributed by atoms with Crippen molar-refractivity contribution in [2.24, 2.45) is 0 Å². The van der Waals surface area contributed by atoms with Crippen LogP contribution in [-0.4, -0.2) is 43.2 Å². The Bertz CT molecular complexity index is 186. The maximum Gasteiger partial charge on any atom is 0.407 e. The fraction of sp³-hybridized carbons (Fsp3) is 0.889. The Morgan fingerprint density at radius 2 is 2.43 bits per heavy atom. The number of aliphatic hydroxyl groups is 1. The second-order valence-corrected chi connectivity index (χ2v) is 3.33. The van der Waals surface area contributed by atoms with Gasteiger partial charge in [0, 0.05) is 6.54 Å². The Kier molecular flexibility index (Phi) is 4.69. The van der Waals surface area contributed by atoms with Gasteiger partial charge in [0.2, 0.25) is 0 Å². The molecule has 1 aliphatic rings. The van der Waals surface area contributed by atoms with E-state index >= 15 is 0 Å². The summed E-state index contributed by atoms with van der Waals surface area (Å²) in [5.74, 6) is 0. The second-order valence-electron chi connectivity index (χ2n) is 3.33. The highest BCUT2D eigenvalue weighted by molar-refractivity contribution is 5.67. The van der Waals surface area contributed by atoms with Gasteiger partial charge in [0.1, 0.15) is 6.10 Å². The van der Waals surface area contributed by atoms with E-state index in [-0.39, 0.29) is 13.2 Å². The Labute approximate surface area is 83.4 Å². The predicted octanol–water partition coefficient (Wildman–Crippen LogP) is 0.272. The van der Waals surface area contributed by atoms with Crippen molar-refractivity contribution in [2.75, 3.05) is 19.8 Å². The second kappa shape index (κ2) is 5.82. The van der Waals surface area contributed by atoms with Gasteiger partial charge in [0.15, 0.2) is 6.10 Å². The number of carbonyl (C=O) groups excluding carboxylic acids is 1. The lowest BCUT2D eigenvalue weighted by atomic mass is 10.3. The number of carbonyl (C=O) groups is 1. The van der Waals surface area contributed by atoms with Crippen LogP contribution in [0.2, 0.25) is 0 Å². The summed E-state index contributed by atoms with van der Waals surface area (Å²) >= 11 is 0. The molecule has 0 spiro atoms. The average molecular weight is 203 g/mol. The van der Waals surface area contributed by atoms with Crippen LogP contribution >= 0.6 is 0 Å². The van der Waals surface area contributed by atoms with Crippen LogP contribution in [-0.2, 0) is 9.47 Å². The van der Waals surface area contributed by atoms with Gasteiger partial charge in [0.05, 0.1) is 13.2 Å². The standard InChI is InChI=1S/C9H17NO4/c1-2-3-4-10-9(12)14-8-6-13-5-7(8)11/h7-8,11H,2-6H2,1H3,(H,10,12)/t7-,8+/m1/s1. The van der Waals surface area contributed by atoms with E-state index in [2.05, 4.69) is 5.32 Å². The summed E-state index contributed by atoms with van der Waals surface area (Å²) in [6.07, 6.45) is 0.269. The number of unbranched alkanes of at least 4 members (excludes halogenated alkanes) is 1. The number of alkyl carbamates (subject to hydrolysis) is 1.